The maximum atomic E-state index is 12.2. The summed E-state index contributed by atoms with van der Waals surface area (Å²) in [4.78, 5) is 20.9. The average Bonchev–Trinajstić information content (AvgIpc) is 2.60. The highest BCUT2D eigenvalue weighted by Crippen LogP contribution is 2.20. The number of methoxy groups -OCH3 is 1. The van der Waals surface area contributed by atoms with Crippen molar-refractivity contribution in [1.29, 1.82) is 0 Å². The van der Waals surface area contributed by atoms with Crippen LogP contribution >= 0.6 is 0 Å². The molecule has 0 bridgehead atoms. The van der Waals surface area contributed by atoms with Gasteiger partial charge in [-0.2, -0.15) is 8.42 Å². The van der Waals surface area contributed by atoms with Gasteiger partial charge in [-0.3, -0.25) is 10.1 Å². The number of esters is 1. The van der Waals surface area contributed by atoms with Gasteiger partial charge in [-0.05, 0) is 42.0 Å². The second-order valence-electron chi connectivity index (χ2n) is 4.72. The Hall–Kier alpha value is -3.20. The van der Waals surface area contributed by atoms with Gasteiger partial charge in [0.05, 0.1) is 17.6 Å². The number of nitro groups is 1. The molecule has 0 N–H and O–H groups in total. The Morgan fingerprint density at radius 3 is 2.20 bits per heavy atom. The molecule has 9 heteroatoms. The Kier molecular flexibility index (Phi) is 5.50. The van der Waals surface area contributed by atoms with Crippen LogP contribution in [0.25, 0.3) is 6.08 Å². The summed E-state index contributed by atoms with van der Waals surface area (Å²) in [7, 11) is -2.86. The van der Waals surface area contributed by atoms with Crippen molar-refractivity contribution in [2.24, 2.45) is 0 Å². The second-order valence-corrected chi connectivity index (χ2v) is 6.27. The molecule has 0 aliphatic heterocycles. The van der Waals surface area contributed by atoms with Crippen LogP contribution in [0.1, 0.15) is 15.9 Å². The summed E-state index contributed by atoms with van der Waals surface area (Å²) < 4.78 is 34.0. The molecule has 2 rings (SSSR count). The minimum atomic E-state index is -4.08. The maximum Gasteiger partial charge on any atom is 0.339 e. The minimum absolute atomic E-state index is 0.0512. The molecule has 0 amide bonds. The Labute approximate surface area is 143 Å². The quantitative estimate of drug-likeness (QED) is 0.335. The topological polar surface area (TPSA) is 113 Å². The molecular weight excluding hydrogens is 350 g/mol. The molecule has 0 radical (unpaired) electrons. The molecule has 0 aliphatic rings. The summed E-state index contributed by atoms with van der Waals surface area (Å²) in [5, 5.41) is 10.3. The number of nitrogens with zero attached hydrogens (tertiary/aromatic N) is 1. The number of carbonyl (C=O) groups excluding carboxylic acids is 1. The molecule has 130 valence electrons. The van der Waals surface area contributed by atoms with Gasteiger partial charge in [0.2, 0.25) is 6.20 Å². The summed E-state index contributed by atoms with van der Waals surface area (Å²) in [5.41, 5.74) is 0.729. The van der Waals surface area contributed by atoms with Crippen LogP contribution in [-0.2, 0) is 14.9 Å². The molecule has 8 nitrogen and oxygen atoms in total. The summed E-state index contributed by atoms with van der Waals surface area (Å²) in [6.07, 6.45) is 2.04. The zero-order valence-corrected chi connectivity index (χ0v) is 13.8. The number of ether oxygens (including phenoxy) is 1. The molecule has 2 aromatic rings. The third-order valence-electron chi connectivity index (χ3n) is 3.04. The van der Waals surface area contributed by atoms with E-state index < -0.39 is 21.0 Å². The summed E-state index contributed by atoms with van der Waals surface area (Å²) in [6.45, 7) is 0. The molecule has 0 unspecified atom stereocenters. The van der Waals surface area contributed by atoms with E-state index in [1.54, 1.807) is 0 Å². The summed E-state index contributed by atoms with van der Waals surface area (Å²) in [5.74, 6) is -0.529. The monoisotopic (exact) mass is 363 g/mol. The molecule has 2 aromatic carbocycles. The molecule has 0 heterocycles. The number of hydrogen-bond donors (Lipinski definition) is 0. The van der Waals surface area contributed by atoms with Gasteiger partial charge in [-0.15, -0.1) is 0 Å². The normalized spacial score (nSPS) is 11.2. The van der Waals surface area contributed by atoms with Crippen LogP contribution < -0.4 is 4.18 Å². The Morgan fingerprint density at radius 1 is 1.08 bits per heavy atom. The van der Waals surface area contributed by atoms with E-state index in [4.69, 9.17) is 4.18 Å². The zero-order chi connectivity index (χ0) is 18.4. The van der Waals surface area contributed by atoms with Crippen molar-refractivity contribution < 1.29 is 27.1 Å². The SMILES string of the molecule is COC(=O)c1ccc(S(=O)(=O)Oc2ccc(C=C[N+](=O)[O-])cc2)cc1. The fourth-order valence-electron chi connectivity index (χ4n) is 1.83. The predicted molar refractivity (Wildman–Crippen MR) is 88.1 cm³/mol. The fraction of sp³-hybridized carbons (Fsp3) is 0.0625. The Balaban J connectivity index is 2.15. The van der Waals surface area contributed by atoms with E-state index in [2.05, 4.69) is 4.74 Å². The fourth-order valence-corrected chi connectivity index (χ4v) is 2.76. The molecule has 0 atom stereocenters. The van der Waals surface area contributed by atoms with Crippen LogP contribution in [0.2, 0.25) is 0 Å². The van der Waals surface area contributed by atoms with Crippen molar-refractivity contribution in [2.45, 2.75) is 4.90 Å². The van der Waals surface area contributed by atoms with Crippen molar-refractivity contribution in [3.8, 4) is 5.75 Å². The Morgan fingerprint density at radius 2 is 1.68 bits per heavy atom. The number of benzene rings is 2. The lowest BCUT2D eigenvalue weighted by atomic mass is 10.2. The second kappa shape index (κ2) is 7.58. The van der Waals surface area contributed by atoms with Gasteiger partial charge < -0.3 is 8.92 Å². The van der Waals surface area contributed by atoms with Gasteiger partial charge in [0.25, 0.3) is 0 Å². The van der Waals surface area contributed by atoms with E-state index in [1.807, 2.05) is 0 Å². The summed E-state index contributed by atoms with van der Waals surface area (Å²) in [6, 6.07) is 10.8. The highest BCUT2D eigenvalue weighted by atomic mass is 32.2. The molecule has 0 aliphatic carbocycles. The molecule has 0 spiro atoms. The molecule has 25 heavy (non-hydrogen) atoms. The lowest BCUT2D eigenvalue weighted by Crippen LogP contribution is -2.10. The van der Waals surface area contributed by atoms with Crippen molar-refractivity contribution in [3.63, 3.8) is 0 Å². The van der Waals surface area contributed by atoms with Gasteiger partial charge in [0.1, 0.15) is 10.6 Å². The van der Waals surface area contributed by atoms with E-state index in [-0.39, 0.29) is 16.2 Å². The maximum absolute atomic E-state index is 12.2. The Bertz CT molecular complexity index is 901. The van der Waals surface area contributed by atoms with E-state index in [1.165, 1.54) is 61.7 Å². The van der Waals surface area contributed by atoms with Crippen molar-refractivity contribution in [1.82, 2.24) is 0 Å². The molecule has 0 saturated heterocycles. The van der Waals surface area contributed by atoms with E-state index in [9.17, 15) is 23.3 Å². The third kappa shape index (κ3) is 4.88. The first-order valence-electron chi connectivity index (χ1n) is 6.86. The van der Waals surface area contributed by atoms with Gasteiger partial charge in [-0.25, -0.2) is 4.79 Å². The largest absolute Gasteiger partial charge is 0.465 e. The van der Waals surface area contributed by atoms with Crippen LogP contribution in [0.4, 0.5) is 0 Å². The first-order valence-corrected chi connectivity index (χ1v) is 8.27. The number of rotatable bonds is 6. The van der Waals surface area contributed by atoms with Crippen LogP contribution in [0.3, 0.4) is 0 Å². The van der Waals surface area contributed by atoms with Crippen molar-refractivity contribution >= 4 is 22.2 Å². The van der Waals surface area contributed by atoms with Gasteiger partial charge in [0.15, 0.2) is 0 Å². The highest BCUT2D eigenvalue weighted by molar-refractivity contribution is 7.87. The lowest BCUT2D eigenvalue weighted by Gasteiger charge is -2.07. The number of carbonyl (C=O) groups is 1. The van der Waals surface area contributed by atoms with Gasteiger partial charge in [0, 0.05) is 6.08 Å². The van der Waals surface area contributed by atoms with Gasteiger partial charge >= 0.3 is 16.1 Å². The zero-order valence-electron chi connectivity index (χ0n) is 13.0. The van der Waals surface area contributed by atoms with E-state index in [0.717, 1.165) is 6.20 Å². The van der Waals surface area contributed by atoms with Crippen molar-refractivity contribution in [3.05, 3.63) is 76.0 Å². The molecular formula is C16H13NO7S. The van der Waals surface area contributed by atoms with Gasteiger partial charge in [-0.1, -0.05) is 12.1 Å². The first-order chi connectivity index (χ1) is 11.8. The summed E-state index contributed by atoms with van der Waals surface area (Å²) >= 11 is 0. The minimum Gasteiger partial charge on any atom is -0.465 e. The third-order valence-corrected chi connectivity index (χ3v) is 4.30. The molecule has 0 fully saturated rings. The lowest BCUT2D eigenvalue weighted by molar-refractivity contribution is -0.400. The van der Waals surface area contributed by atoms with E-state index in [0.29, 0.717) is 5.56 Å². The van der Waals surface area contributed by atoms with Crippen LogP contribution in [-0.4, -0.2) is 26.4 Å². The van der Waals surface area contributed by atoms with Crippen LogP contribution in [0.15, 0.2) is 59.6 Å². The first kappa shape index (κ1) is 18.1. The van der Waals surface area contributed by atoms with Crippen LogP contribution in [0.5, 0.6) is 5.75 Å². The average molecular weight is 363 g/mol. The number of hydrogen-bond acceptors (Lipinski definition) is 7. The van der Waals surface area contributed by atoms with Crippen molar-refractivity contribution in [2.75, 3.05) is 7.11 Å². The molecule has 0 aromatic heterocycles. The van der Waals surface area contributed by atoms with E-state index >= 15 is 0 Å². The predicted octanol–water partition coefficient (Wildman–Crippen LogP) is 2.49. The van der Waals surface area contributed by atoms with Crippen LogP contribution in [0, 0.1) is 10.1 Å². The smallest absolute Gasteiger partial charge is 0.339 e. The molecule has 0 saturated carbocycles. The highest BCUT2D eigenvalue weighted by Gasteiger charge is 2.17. The standard InChI is InChI=1S/C16H13NO7S/c1-23-16(18)13-4-8-15(9-5-13)25(21,22)24-14-6-2-12(3-7-14)10-11-17(19)20/h2-11H,1H3.